The molecule has 0 radical (unpaired) electrons. The van der Waals surface area contributed by atoms with Gasteiger partial charge in [0.25, 0.3) is 0 Å². The quantitative estimate of drug-likeness (QED) is 0.631. The van der Waals surface area contributed by atoms with Crippen molar-refractivity contribution in [3.05, 3.63) is 94.2 Å². The number of benzene rings is 2. The first-order valence-corrected chi connectivity index (χ1v) is 8.98. The molecule has 3 rings (SSSR count). The third-order valence-electron chi connectivity index (χ3n) is 3.87. The molecule has 0 bridgehead atoms. The Morgan fingerprint density at radius 3 is 2.04 bits per heavy atom. The van der Waals surface area contributed by atoms with E-state index in [-0.39, 0.29) is 18.6 Å². The molecule has 0 saturated heterocycles. The van der Waals surface area contributed by atoms with Gasteiger partial charge in [0, 0.05) is 4.88 Å². The molecule has 2 aromatic carbocycles. The summed E-state index contributed by atoms with van der Waals surface area (Å²) in [5.74, 6) is 0. The molecule has 4 nitrogen and oxygen atoms in total. The Bertz CT molecular complexity index is 736. The maximum Gasteiger partial charge on any atom is 0.315 e. The molecule has 0 aliphatic heterocycles. The van der Waals surface area contributed by atoms with Gasteiger partial charge < -0.3 is 15.7 Å². The van der Waals surface area contributed by atoms with Crippen LogP contribution in [0.1, 0.15) is 28.1 Å². The summed E-state index contributed by atoms with van der Waals surface area (Å²) in [6.45, 7) is 0.169. The molecular formula is C20H20N2O2S. The SMILES string of the molecule is O=C(NC[C@@H](O)c1cccs1)NC(c1ccccc1)c1ccccc1. The number of urea groups is 1. The Morgan fingerprint density at radius 1 is 0.920 bits per heavy atom. The van der Waals surface area contributed by atoms with E-state index in [9.17, 15) is 9.90 Å². The van der Waals surface area contributed by atoms with E-state index in [0.717, 1.165) is 16.0 Å². The lowest BCUT2D eigenvalue weighted by Gasteiger charge is -2.20. The number of aliphatic hydroxyl groups excluding tert-OH is 1. The molecule has 0 fully saturated rings. The Labute approximate surface area is 151 Å². The third kappa shape index (κ3) is 4.68. The number of hydrogen-bond donors (Lipinski definition) is 3. The second kappa shape index (κ2) is 8.46. The van der Waals surface area contributed by atoms with E-state index in [2.05, 4.69) is 10.6 Å². The van der Waals surface area contributed by atoms with Crippen molar-refractivity contribution in [1.82, 2.24) is 10.6 Å². The fourth-order valence-electron chi connectivity index (χ4n) is 2.60. The zero-order valence-electron chi connectivity index (χ0n) is 13.6. The molecule has 2 amide bonds. The summed E-state index contributed by atoms with van der Waals surface area (Å²) in [6.07, 6.45) is -0.697. The first kappa shape index (κ1) is 17.2. The van der Waals surface area contributed by atoms with Crippen LogP contribution in [-0.4, -0.2) is 17.7 Å². The molecule has 128 valence electrons. The zero-order valence-corrected chi connectivity index (χ0v) is 14.4. The molecule has 0 aliphatic carbocycles. The van der Waals surface area contributed by atoms with E-state index in [4.69, 9.17) is 0 Å². The average Bonchev–Trinajstić information content (AvgIpc) is 3.20. The summed E-state index contributed by atoms with van der Waals surface area (Å²) < 4.78 is 0. The van der Waals surface area contributed by atoms with Crippen LogP contribution in [0.5, 0.6) is 0 Å². The first-order chi connectivity index (χ1) is 12.2. The molecule has 1 aromatic heterocycles. The number of nitrogens with one attached hydrogen (secondary N) is 2. The highest BCUT2D eigenvalue weighted by Crippen LogP contribution is 2.22. The highest BCUT2D eigenvalue weighted by molar-refractivity contribution is 7.10. The van der Waals surface area contributed by atoms with Gasteiger partial charge in [0.05, 0.1) is 12.6 Å². The van der Waals surface area contributed by atoms with Gasteiger partial charge in [0.15, 0.2) is 0 Å². The van der Waals surface area contributed by atoms with Crippen LogP contribution in [0.15, 0.2) is 78.2 Å². The Hall–Kier alpha value is -2.63. The summed E-state index contributed by atoms with van der Waals surface area (Å²) in [5, 5.41) is 17.7. The van der Waals surface area contributed by atoms with Gasteiger partial charge in [-0.25, -0.2) is 4.79 Å². The van der Waals surface area contributed by atoms with Crippen LogP contribution in [0.3, 0.4) is 0 Å². The summed E-state index contributed by atoms with van der Waals surface area (Å²) in [6, 6.07) is 22.8. The Morgan fingerprint density at radius 2 is 1.52 bits per heavy atom. The van der Waals surface area contributed by atoms with Crippen LogP contribution in [0.2, 0.25) is 0 Å². The van der Waals surface area contributed by atoms with Crippen molar-refractivity contribution in [2.45, 2.75) is 12.1 Å². The van der Waals surface area contributed by atoms with Crippen LogP contribution in [0.4, 0.5) is 4.79 Å². The van der Waals surface area contributed by atoms with Gasteiger partial charge in [-0.1, -0.05) is 66.7 Å². The van der Waals surface area contributed by atoms with Gasteiger partial charge in [0.2, 0.25) is 0 Å². The molecule has 3 N–H and O–H groups in total. The number of amides is 2. The lowest BCUT2D eigenvalue weighted by molar-refractivity contribution is 0.176. The van der Waals surface area contributed by atoms with Crippen molar-refractivity contribution >= 4 is 17.4 Å². The van der Waals surface area contributed by atoms with Crippen LogP contribution < -0.4 is 10.6 Å². The Balaban J connectivity index is 1.67. The van der Waals surface area contributed by atoms with Crippen molar-refractivity contribution < 1.29 is 9.90 Å². The predicted octanol–water partition coefficient (Wildman–Crippen LogP) is 3.87. The van der Waals surface area contributed by atoms with Crippen LogP contribution in [0.25, 0.3) is 0 Å². The first-order valence-electron chi connectivity index (χ1n) is 8.10. The molecule has 25 heavy (non-hydrogen) atoms. The minimum absolute atomic E-state index is 0.169. The van der Waals surface area contributed by atoms with E-state index >= 15 is 0 Å². The van der Waals surface area contributed by atoms with E-state index < -0.39 is 6.10 Å². The standard InChI is InChI=1S/C20H20N2O2S/c23-17(18-12-7-13-25-18)14-21-20(24)22-19(15-8-3-1-4-9-15)16-10-5-2-6-11-16/h1-13,17,19,23H,14H2,(H2,21,22,24)/t17-/m1/s1. The average molecular weight is 352 g/mol. The molecule has 1 atom stereocenters. The second-order valence-corrected chi connectivity index (χ2v) is 6.62. The minimum atomic E-state index is -0.697. The molecule has 5 heteroatoms. The predicted molar refractivity (Wildman–Crippen MR) is 101 cm³/mol. The van der Waals surface area contributed by atoms with Gasteiger partial charge in [-0.2, -0.15) is 0 Å². The molecular weight excluding hydrogens is 332 g/mol. The Kier molecular flexibility index (Phi) is 5.82. The number of thiophene rings is 1. The van der Waals surface area contributed by atoms with Crippen molar-refractivity contribution in [2.24, 2.45) is 0 Å². The fourth-order valence-corrected chi connectivity index (χ4v) is 3.31. The second-order valence-electron chi connectivity index (χ2n) is 5.64. The van der Waals surface area contributed by atoms with Gasteiger partial charge in [-0.05, 0) is 22.6 Å². The monoisotopic (exact) mass is 352 g/mol. The van der Waals surface area contributed by atoms with Gasteiger partial charge in [-0.15, -0.1) is 11.3 Å². The smallest absolute Gasteiger partial charge is 0.315 e. The lowest BCUT2D eigenvalue weighted by atomic mass is 9.99. The largest absolute Gasteiger partial charge is 0.386 e. The summed E-state index contributed by atoms with van der Waals surface area (Å²) in [7, 11) is 0. The normalized spacial score (nSPS) is 11.9. The lowest BCUT2D eigenvalue weighted by Crippen LogP contribution is -2.40. The van der Waals surface area contributed by atoms with E-state index in [1.54, 1.807) is 0 Å². The van der Waals surface area contributed by atoms with E-state index in [1.165, 1.54) is 11.3 Å². The van der Waals surface area contributed by atoms with Crippen molar-refractivity contribution in [2.75, 3.05) is 6.54 Å². The topological polar surface area (TPSA) is 61.4 Å². The van der Waals surface area contributed by atoms with Crippen LogP contribution in [-0.2, 0) is 0 Å². The maximum atomic E-state index is 12.3. The van der Waals surface area contributed by atoms with Crippen molar-refractivity contribution in [1.29, 1.82) is 0 Å². The van der Waals surface area contributed by atoms with Gasteiger partial charge >= 0.3 is 6.03 Å². The van der Waals surface area contributed by atoms with Gasteiger partial charge in [0.1, 0.15) is 6.10 Å². The summed E-state index contributed by atoms with van der Waals surface area (Å²) in [5.41, 5.74) is 2.00. The number of aliphatic hydroxyl groups is 1. The number of hydrogen-bond acceptors (Lipinski definition) is 3. The minimum Gasteiger partial charge on any atom is -0.386 e. The highest BCUT2D eigenvalue weighted by Gasteiger charge is 2.17. The summed E-state index contributed by atoms with van der Waals surface area (Å²) >= 11 is 1.47. The number of carbonyl (C=O) groups is 1. The van der Waals surface area contributed by atoms with E-state index in [1.807, 2.05) is 78.2 Å². The fraction of sp³-hybridized carbons (Fsp3) is 0.150. The molecule has 1 heterocycles. The number of carbonyl (C=O) groups excluding carboxylic acids is 1. The summed E-state index contributed by atoms with van der Waals surface area (Å²) in [4.78, 5) is 13.2. The van der Waals surface area contributed by atoms with E-state index in [0.29, 0.717) is 0 Å². The molecule has 0 spiro atoms. The molecule has 0 aliphatic rings. The molecule has 3 aromatic rings. The van der Waals surface area contributed by atoms with Crippen LogP contribution >= 0.6 is 11.3 Å². The maximum absolute atomic E-state index is 12.3. The third-order valence-corrected chi connectivity index (χ3v) is 4.84. The van der Waals surface area contributed by atoms with Gasteiger partial charge in [-0.3, -0.25) is 0 Å². The van der Waals surface area contributed by atoms with Crippen molar-refractivity contribution in [3.8, 4) is 0 Å². The molecule has 0 unspecified atom stereocenters. The van der Waals surface area contributed by atoms with Crippen molar-refractivity contribution in [3.63, 3.8) is 0 Å². The zero-order chi connectivity index (χ0) is 17.5. The highest BCUT2D eigenvalue weighted by atomic mass is 32.1. The van der Waals surface area contributed by atoms with Crippen LogP contribution in [0, 0.1) is 0 Å². The number of rotatable bonds is 6. The molecule has 0 saturated carbocycles.